The van der Waals surface area contributed by atoms with Gasteiger partial charge in [0, 0.05) is 22.0 Å². The summed E-state index contributed by atoms with van der Waals surface area (Å²) >= 11 is 11.3. The van der Waals surface area contributed by atoms with Gasteiger partial charge >= 0.3 is 0 Å². The Morgan fingerprint density at radius 2 is 1.69 bits per heavy atom. The van der Waals surface area contributed by atoms with Crippen LogP contribution in [0.1, 0.15) is 21.5 Å². The molecule has 0 aliphatic heterocycles. The van der Waals surface area contributed by atoms with Crippen LogP contribution in [-0.4, -0.2) is 27.9 Å². The fraction of sp³-hybridized carbons (Fsp3) is 0.115. The van der Waals surface area contributed by atoms with Crippen molar-refractivity contribution in [1.82, 2.24) is 9.78 Å². The maximum absolute atomic E-state index is 12.9. The molecule has 0 atom stereocenters. The lowest BCUT2D eigenvalue weighted by atomic mass is 10.1. The number of nitrogen functional groups attached to an aromatic ring is 1. The van der Waals surface area contributed by atoms with Crippen molar-refractivity contribution in [3.05, 3.63) is 94.6 Å². The Kier molecular flexibility index (Phi) is 7.72. The number of nitrogens with zero attached hydrogens (tertiary/aromatic N) is 2. The number of aryl methyl sites for hydroxylation is 1. The molecule has 0 saturated carbocycles. The van der Waals surface area contributed by atoms with Gasteiger partial charge in [-0.15, -0.1) is 0 Å². The third-order valence-corrected chi connectivity index (χ3v) is 5.91. The molecule has 184 valence electrons. The molecule has 0 spiro atoms. The minimum absolute atomic E-state index is 0.281. The fourth-order valence-electron chi connectivity index (χ4n) is 3.53. The number of benzene rings is 3. The second-order valence-electron chi connectivity index (χ2n) is 8.02. The molecule has 0 fully saturated rings. The van der Waals surface area contributed by atoms with Crippen molar-refractivity contribution in [3.63, 3.8) is 0 Å². The normalized spacial score (nSPS) is 10.5. The second kappa shape index (κ2) is 11.1. The first-order chi connectivity index (χ1) is 17.3. The number of carbonyl (C=O) groups excluding carboxylic acids is 1. The molecule has 0 aliphatic rings. The quantitative estimate of drug-likeness (QED) is 0.237. The second-order valence-corrected chi connectivity index (χ2v) is 8.86. The molecule has 3 aromatic carbocycles. The lowest BCUT2D eigenvalue weighted by molar-refractivity contribution is 0.102. The van der Waals surface area contributed by atoms with Crippen molar-refractivity contribution in [2.45, 2.75) is 13.5 Å². The van der Waals surface area contributed by atoms with Crippen LogP contribution >= 0.6 is 23.8 Å². The van der Waals surface area contributed by atoms with Gasteiger partial charge in [0.1, 0.15) is 17.3 Å². The van der Waals surface area contributed by atoms with Crippen LogP contribution in [-0.2, 0) is 6.54 Å². The lowest BCUT2D eigenvalue weighted by Crippen LogP contribution is -2.19. The maximum atomic E-state index is 12.9. The van der Waals surface area contributed by atoms with Gasteiger partial charge in [0.25, 0.3) is 5.91 Å². The third kappa shape index (κ3) is 6.12. The van der Waals surface area contributed by atoms with Gasteiger partial charge < -0.3 is 26.4 Å². The number of carbonyl (C=O) groups is 1. The first-order valence-electron chi connectivity index (χ1n) is 11.0. The Labute approximate surface area is 219 Å². The van der Waals surface area contributed by atoms with E-state index in [1.54, 1.807) is 42.3 Å². The number of nitrogens with one attached hydrogen (secondary N) is 3. The molecule has 36 heavy (non-hydrogen) atoms. The molecule has 4 aromatic rings. The number of halogens is 1. The Morgan fingerprint density at radius 3 is 2.36 bits per heavy atom. The Morgan fingerprint density at radius 1 is 1.03 bits per heavy atom. The fourth-order valence-corrected chi connectivity index (χ4v) is 3.90. The number of rotatable bonds is 7. The van der Waals surface area contributed by atoms with Crippen LogP contribution in [0, 0.1) is 6.92 Å². The van der Waals surface area contributed by atoms with Crippen molar-refractivity contribution in [2.75, 3.05) is 28.8 Å². The van der Waals surface area contributed by atoms with Crippen molar-refractivity contribution < 1.29 is 9.53 Å². The van der Waals surface area contributed by atoms with Crippen LogP contribution in [0.15, 0.2) is 72.9 Å². The number of hydrogen-bond donors (Lipinski definition) is 4. The summed E-state index contributed by atoms with van der Waals surface area (Å²) in [6, 6.07) is 20.2. The lowest BCUT2D eigenvalue weighted by Gasteiger charge is -2.13. The molecule has 0 radical (unpaired) electrons. The Balaban J connectivity index is 1.38. The largest absolute Gasteiger partial charge is 0.497 e. The number of amides is 1. The summed E-state index contributed by atoms with van der Waals surface area (Å²) in [5, 5.41) is 14.4. The topological polar surface area (TPSA) is 106 Å². The van der Waals surface area contributed by atoms with Crippen LogP contribution in [0.3, 0.4) is 0 Å². The number of nitrogens with two attached hydrogens (primary N) is 1. The molecule has 5 N–H and O–H groups in total. The minimum atomic E-state index is -0.281. The first-order valence-corrected chi connectivity index (χ1v) is 11.8. The van der Waals surface area contributed by atoms with E-state index in [0.29, 0.717) is 33.7 Å². The number of thiocarbonyl (C=S) groups is 1. The number of hydrogen-bond acceptors (Lipinski definition) is 5. The van der Waals surface area contributed by atoms with Crippen LogP contribution in [0.5, 0.6) is 5.75 Å². The average molecular weight is 521 g/mol. The van der Waals surface area contributed by atoms with Crippen molar-refractivity contribution >= 4 is 57.7 Å². The molecule has 4 rings (SSSR count). The molecule has 8 nitrogen and oxygen atoms in total. The highest BCUT2D eigenvalue weighted by atomic mass is 35.5. The van der Waals surface area contributed by atoms with Gasteiger partial charge in [0.15, 0.2) is 5.11 Å². The number of aromatic nitrogens is 2. The van der Waals surface area contributed by atoms with E-state index in [0.717, 1.165) is 28.3 Å². The predicted molar refractivity (Wildman–Crippen MR) is 149 cm³/mol. The Bertz CT molecular complexity index is 1390. The van der Waals surface area contributed by atoms with Gasteiger partial charge in [0.2, 0.25) is 0 Å². The monoisotopic (exact) mass is 520 g/mol. The molecule has 1 heterocycles. The highest BCUT2D eigenvalue weighted by molar-refractivity contribution is 7.80. The first kappa shape index (κ1) is 25.0. The highest BCUT2D eigenvalue weighted by Gasteiger charge is 2.15. The summed E-state index contributed by atoms with van der Waals surface area (Å²) in [6.45, 7) is 2.32. The van der Waals surface area contributed by atoms with Gasteiger partial charge in [-0.25, -0.2) is 4.68 Å². The van der Waals surface area contributed by atoms with E-state index in [1.165, 1.54) is 0 Å². The summed E-state index contributed by atoms with van der Waals surface area (Å²) in [6.07, 6.45) is 1.54. The van der Waals surface area contributed by atoms with E-state index in [4.69, 9.17) is 34.3 Å². The van der Waals surface area contributed by atoms with Crippen LogP contribution in [0.25, 0.3) is 0 Å². The van der Waals surface area contributed by atoms with Gasteiger partial charge in [-0.2, -0.15) is 5.10 Å². The summed E-state index contributed by atoms with van der Waals surface area (Å²) in [7, 11) is 1.62. The van der Waals surface area contributed by atoms with Crippen LogP contribution in [0.4, 0.5) is 22.9 Å². The molecule has 1 aromatic heterocycles. The van der Waals surface area contributed by atoms with E-state index in [1.807, 2.05) is 49.4 Å². The summed E-state index contributed by atoms with van der Waals surface area (Å²) < 4.78 is 6.82. The average Bonchev–Trinajstić information content (AvgIpc) is 3.19. The highest BCUT2D eigenvalue weighted by Crippen LogP contribution is 2.23. The molecule has 1 amide bonds. The van der Waals surface area contributed by atoms with E-state index >= 15 is 0 Å². The third-order valence-electron chi connectivity index (χ3n) is 5.45. The number of ether oxygens (including phenoxy) is 1. The molecule has 0 saturated heterocycles. The summed E-state index contributed by atoms with van der Waals surface area (Å²) in [4.78, 5) is 12.9. The minimum Gasteiger partial charge on any atom is -0.497 e. The SMILES string of the molecule is COc1ccc(Cn2ncc(NC(=O)c3ccc(NC(=S)Nc4ccc(Cl)cc4)cc3C)c2N)cc1. The zero-order valence-electron chi connectivity index (χ0n) is 19.7. The van der Waals surface area contributed by atoms with Gasteiger partial charge in [-0.05, 0) is 84.9 Å². The molecule has 0 unspecified atom stereocenters. The van der Waals surface area contributed by atoms with Crippen LogP contribution < -0.4 is 26.4 Å². The number of anilines is 4. The van der Waals surface area contributed by atoms with Gasteiger partial charge in [-0.1, -0.05) is 23.7 Å². The molecular formula is C26H25ClN6O2S. The molecule has 0 bridgehead atoms. The zero-order valence-corrected chi connectivity index (χ0v) is 21.3. The predicted octanol–water partition coefficient (Wildman–Crippen LogP) is 5.55. The maximum Gasteiger partial charge on any atom is 0.256 e. The molecule has 0 aliphatic carbocycles. The van der Waals surface area contributed by atoms with Gasteiger partial charge in [0.05, 0.1) is 19.9 Å². The molecule has 10 heteroatoms. The Hall–Kier alpha value is -4.08. The summed E-state index contributed by atoms with van der Waals surface area (Å²) in [5.41, 5.74) is 10.6. The smallest absolute Gasteiger partial charge is 0.256 e. The number of methoxy groups -OCH3 is 1. The van der Waals surface area contributed by atoms with E-state index in [-0.39, 0.29) is 5.91 Å². The van der Waals surface area contributed by atoms with Crippen molar-refractivity contribution in [1.29, 1.82) is 0 Å². The summed E-state index contributed by atoms with van der Waals surface area (Å²) in [5.74, 6) is 0.863. The van der Waals surface area contributed by atoms with Gasteiger partial charge in [-0.3, -0.25) is 4.79 Å². The standard InChI is InChI=1S/C26H25ClN6O2S/c1-16-13-20(31-26(36)30-19-7-5-18(27)6-8-19)9-12-22(16)25(34)32-23-14-29-33(24(23)28)15-17-3-10-21(35-2)11-4-17/h3-14H,15,28H2,1-2H3,(H,32,34)(H2,30,31,36). The zero-order chi connectivity index (χ0) is 25.7. The van der Waals surface area contributed by atoms with E-state index in [9.17, 15) is 4.79 Å². The van der Waals surface area contributed by atoms with E-state index < -0.39 is 0 Å². The van der Waals surface area contributed by atoms with Crippen LogP contribution in [0.2, 0.25) is 5.02 Å². The van der Waals surface area contributed by atoms with Crippen molar-refractivity contribution in [2.24, 2.45) is 0 Å². The van der Waals surface area contributed by atoms with Crippen molar-refractivity contribution in [3.8, 4) is 5.75 Å². The van der Waals surface area contributed by atoms with E-state index in [2.05, 4.69) is 21.0 Å². The molecular weight excluding hydrogens is 496 g/mol.